The van der Waals surface area contributed by atoms with E-state index >= 15 is 0 Å². The molecular weight excluding hydrogens is 534 g/mol. The number of hydrogen-bond acceptors (Lipinski definition) is 5. The van der Waals surface area contributed by atoms with Crippen LogP contribution in [-0.2, 0) is 10.5 Å². The molecule has 34 heavy (non-hydrogen) atoms. The fraction of sp³-hybridized carbons (Fsp3) is 0.269. The van der Waals surface area contributed by atoms with E-state index in [1.165, 1.54) is 11.8 Å². The summed E-state index contributed by atoms with van der Waals surface area (Å²) in [6.45, 7) is 4.19. The third kappa shape index (κ3) is 4.49. The lowest BCUT2D eigenvalue weighted by Crippen LogP contribution is -2.37. The Morgan fingerprint density at radius 1 is 1.15 bits per heavy atom. The zero-order chi connectivity index (χ0) is 24.0. The first-order valence-electron chi connectivity index (χ1n) is 11.0. The standard InChI is InChI=1S/C26H23BrClN3O2S/c1-26(2)11-18-21(19(32)12-26)20(14-7-5-8-16(27)10-14)22-23(29-18)30-25(31-24(22)33)34-13-15-6-3-4-9-17(15)28/h3-10,20H,11-13H2,1-2H3,(H2,29,30,31,33). The van der Waals surface area contributed by atoms with Gasteiger partial charge in [0.15, 0.2) is 10.9 Å². The number of allylic oxidation sites excluding steroid dienone is 2. The van der Waals surface area contributed by atoms with E-state index in [0.717, 1.165) is 21.3 Å². The summed E-state index contributed by atoms with van der Waals surface area (Å²) in [5.41, 5.74) is 3.47. The molecule has 2 aliphatic rings. The van der Waals surface area contributed by atoms with Gasteiger partial charge in [-0.25, -0.2) is 4.98 Å². The summed E-state index contributed by atoms with van der Waals surface area (Å²) in [6.07, 6.45) is 1.17. The molecule has 2 aromatic carbocycles. The van der Waals surface area contributed by atoms with Gasteiger partial charge in [0.2, 0.25) is 0 Å². The van der Waals surface area contributed by atoms with Gasteiger partial charge in [-0.1, -0.05) is 83.5 Å². The van der Waals surface area contributed by atoms with E-state index in [1.54, 1.807) is 0 Å². The Kier molecular flexibility index (Phi) is 6.21. The van der Waals surface area contributed by atoms with E-state index in [9.17, 15) is 9.59 Å². The number of anilines is 1. The Bertz CT molecular complexity index is 1400. The van der Waals surface area contributed by atoms with Gasteiger partial charge in [0.25, 0.3) is 5.56 Å². The van der Waals surface area contributed by atoms with Crippen molar-refractivity contribution in [3.8, 4) is 0 Å². The van der Waals surface area contributed by atoms with E-state index in [0.29, 0.717) is 45.7 Å². The van der Waals surface area contributed by atoms with Crippen molar-refractivity contribution in [1.29, 1.82) is 0 Å². The number of aromatic amines is 1. The average molecular weight is 557 g/mol. The summed E-state index contributed by atoms with van der Waals surface area (Å²) in [5, 5.41) is 4.56. The highest BCUT2D eigenvalue weighted by atomic mass is 79.9. The minimum absolute atomic E-state index is 0.0750. The molecule has 0 radical (unpaired) electrons. The number of thioether (sulfide) groups is 1. The van der Waals surface area contributed by atoms with Crippen LogP contribution in [0.25, 0.3) is 0 Å². The molecule has 0 fully saturated rings. The number of ketones is 1. The van der Waals surface area contributed by atoms with E-state index < -0.39 is 5.92 Å². The second kappa shape index (κ2) is 9.02. The minimum atomic E-state index is -0.466. The van der Waals surface area contributed by atoms with Crippen LogP contribution in [0.5, 0.6) is 0 Å². The molecule has 174 valence electrons. The number of nitrogens with one attached hydrogen (secondary N) is 2. The van der Waals surface area contributed by atoms with Crippen molar-refractivity contribution < 1.29 is 4.79 Å². The number of carbonyl (C=O) groups is 1. The molecule has 2 N–H and O–H groups in total. The van der Waals surface area contributed by atoms with E-state index in [-0.39, 0.29) is 16.8 Å². The Morgan fingerprint density at radius 2 is 1.94 bits per heavy atom. The number of aromatic nitrogens is 2. The van der Waals surface area contributed by atoms with Crippen molar-refractivity contribution >= 4 is 50.9 Å². The topological polar surface area (TPSA) is 74.8 Å². The van der Waals surface area contributed by atoms with Crippen molar-refractivity contribution in [2.24, 2.45) is 5.41 Å². The smallest absolute Gasteiger partial charge is 0.257 e. The lowest BCUT2D eigenvalue weighted by Gasteiger charge is -2.38. The van der Waals surface area contributed by atoms with Gasteiger partial charge in [0.05, 0.1) is 5.56 Å². The number of nitrogens with zero attached hydrogens (tertiary/aromatic N) is 1. The normalized spacial score (nSPS) is 18.8. The SMILES string of the molecule is CC1(C)CC(=O)C2=C(C1)Nc1nc(SCc3ccccc3Cl)[nH]c(=O)c1C2c1cccc(Br)c1. The van der Waals surface area contributed by atoms with Gasteiger partial charge in [-0.15, -0.1) is 0 Å². The molecule has 0 spiro atoms. The van der Waals surface area contributed by atoms with Crippen LogP contribution in [0.1, 0.15) is 49.3 Å². The van der Waals surface area contributed by atoms with Crippen LogP contribution in [0.15, 0.2) is 74.2 Å². The molecule has 1 atom stereocenters. The van der Waals surface area contributed by atoms with E-state index in [4.69, 9.17) is 16.6 Å². The average Bonchev–Trinajstić information content (AvgIpc) is 2.76. The summed E-state index contributed by atoms with van der Waals surface area (Å²) in [6, 6.07) is 15.4. The maximum Gasteiger partial charge on any atom is 0.257 e. The number of Topliss-reactive ketones (excluding diaryl/α,β-unsaturated/α-hetero) is 1. The minimum Gasteiger partial charge on any atom is -0.343 e. The first-order valence-corrected chi connectivity index (χ1v) is 13.2. The number of carbonyl (C=O) groups excluding carboxylic acids is 1. The molecule has 0 saturated carbocycles. The quantitative estimate of drug-likeness (QED) is 0.277. The third-order valence-corrected chi connectivity index (χ3v) is 7.99. The van der Waals surface area contributed by atoms with Crippen LogP contribution in [0.3, 0.4) is 0 Å². The maximum absolute atomic E-state index is 13.4. The highest BCUT2D eigenvalue weighted by molar-refractivity contribution is 9.10. The number of fused-ring (bicyclic) bond motifs is 1. The molecule has 1 aliphatic carbocycles. The molecule has 0 amide bonds. The predicted octanol–water partition coefficient (Wildman–Crippen LogP) is 6.68. The molecular formula is C26H23BrClN3O2S. The van der Waals surface area contributed by atoms with Gasteiger partial charge in [-0.05, 0) is 41.2 Å². The van der Waals surface area contributed by atoms with Crippen molar-refractivity contribution in [3.63, 3.8) is 0 Å². The maximum atomic E-state index is 13.4. The van der Waals surface area contributed by atoms with Gasteiger partial charge in [0.1, 0.15) is 5.82 Å². The molecule has 0 saturated heterocycles. The summed E-state index contributed by atoms with van der Waals surface area (Å²) in [4.78, 5) is 34.5. The third-order valence-electron chi connectivity index (χ3n) is 6.20. The Balaban J connectivity index is 1.59. The number of rotatable bonds is 4. The van der Waals surface area contributed by atoms with Crippen LogP contribution in [0, 0.1) is 5.41 Å². The van der Waals surface area contributed by atoms with Crippen LogP contribution in [0.4, 0.5) is 5.82 Å². The number of H-pyrrole nitrogens is 1. The van der Waals surface area contributed by atoms with Crippen LogP contribution < -0.4 is 10.9 Å². The summed E-state index contributed by atoms with van der Waals surface area (Å²) in [5.74, 6) is 0.701. The zero-order valence-corrected chi connectivity index (χ0v) is 21.9. The summed E-state index contributed by atoms with van der Waals surface area (Å²) >= 11 is 11.3. The molecule has 1 aliphatic heterocycles. The van der Waals surface area contributed by atoms with Gasteiger partial charge in [-0.2, -0.15) is 0 Å². The van der Waals surface area contributed by atoms with Crippen molar-refractivity contribution in [2.45, 2.75) is 43.5 Å². The van der Waals surface area contributed by atoms with E-state index in [2.05, 4.69) is 40.1 Å². The summed E-state index contributed by atoms with van der Waals surface area (Å²) in [7, 11) is 0. The fourth-order valence-corrected chi connectivity index (χ4v) is 6.31. The largest absolute Gasteiger partial charge is 0.343 e. The van der Waals surface area contributed by atoms with Crippen molar-refractivity contribution in [2.75, 3.05) is 5.32 Å². The van der Waals surface area contributed by atoms with Gasteiger partial charge in [-0.3, -0.25) is 9.59 Å². The Labute approximate surface area is 215 Å². The first-order chi connectivity index (χ1) is 16.2. The molecule has 5 rings (SSSR count). The van der Waals surface area contributed by atoms with Crippen LogP contribution >= 0.6 is 39.3 Å². The monoisotopic (exact) mass is 555 g/mol. The van der Waals surface area contributed by atoms with Gasteiger partial charge >= 0.3 is 0 Å². The van der Waals surface area contributed by atoms with Gasteiger partial charge < -0.3 is 10.3 Å². The fourth-order valence-electron chi connectivity index (χ4n) is 4.74. The van der Waals surface area contributed by atoms with Crippen LogP contribution in [-0.4, -0.2) is 15.8 Å². The molecule has 8 heteroatoms. The Morgan fingerprint density at radius 3 is 2.71 bits per heavy atom. The highest BCUT2D eigenvalue weighted by Crippen LogP contribution is 2.48. The van der Waals surface area contributed by atoms with E-state index in [1.807, 2.05) is 48.5 Å². The highest BCUT2D eigenvalue weighted by Gasteiger charge is 2.42. The summed E-state index contributed by atoms with van der Waals surface area (Å²) < 4.78 is 0.895. The molecule has 5 nitrogen and oxygen atoms in total. The number of benzene rings is 2. The molecule has 1 aromatic heterocycles. The Hall–Kier alpha value is -2.35. The molecule has 0 bridgehead atoms. The lowest BCUT2D eigenvalue weighted by atomic mass is 9.69. The first kappa shape index (κ1) is 23.4. The van der Waals surface area contributed by atoms with Crippen molar-refractivity contribution in [1.82, 2.24) is 9.97 Å². The molecule has 2 heterocycles. The lowest BCUT2D eigenvalue weighted by molar-refractivity contribution is -0.118. The van der Waals surface area contributed by atoms with Crippen molar-refractivity contribution in [3.05, 3.63) is 96.3 Å². The number of halogens is 2. The van der Waals surface area contributed by atoms with Crippen LogP contribution in [0.2, 0.25) is 5.02 Å². The van der Waals surface area contributed by atoms with Gasteiger partial charge in [0, 0.05) is 38.9 Å². The predicted molar refractivity (Wildman–Crippen MR) is 141 cm³/mol. The zero-order valence-electron chi connectivity index (χ0n) is 18.7. The number of hydrogen-bond donors (Lipinski definition) is 2. The second-order valence-electron chi connectivity index (χ2n) is 9.46. The molecule has 3 aromatic rings. The molecule has 1 unspecified atom stereocenters. The second-order valence-corrected chi connectivity index (χ2v) is 11.7.